The van der Waals surface area contributed by atoms with E-state index in [1.165, 1.54) is 24.3 Å². The van der Waals surface area contributed by atoms with Crippen molar-refractivity contribution in [3.05, 3.63) is 71.5 Å². The van der Waals surface area contributed by atoms with Gasteiger partial charge in [-0.05, 0) is 44.0 Å². The second-order valence-electron chi connectivity index (χ2n) is 8.91. The minimum atomic E-state index is -2.36. The lowest BCUT2D eigenvalue weighted by molar-refractivity contribution is -0.152. The second kappa shape index (κ2) is 9.24. The molecular formula is C24H27F2NO5. The molecule has 172 valence electrons. The lowest BCUT2D eigenvalue weighted by atomic mass is 9.92. The first kappa shape index (κ1) is 23.7. The van der Waals surface area contributed by atoms with E-state index >= 15 is 4.39 Å². The number of aliphatic hydroxyl groups is 1. The number of carbonyl (C=O) groups excluding carboxylic acids is 2. The van der Waals surface area contributed by atoms with E-state index in [0.29, 0.717) is 10.5 Å². The fourth-order valence-electron chi connectivity index (χ4n) is 3.61. The summed E-state index contributed by atoms with van der Waals surface area (Å²) >= 11 is 0. The smallest absolute Gasteiger partial charge is 0.413 e. The number of alkyl halides is 1. The molecule has 32 heavy (non-hydrogen) atoms. The van der Waals surface area contributed by atoms with Gasteiger partial charge >= 0.3 is 12.1 Å². The van der Waals surface area contributed by atoms with Crippen LogP contribution in [-0.4, -0.2) is 45.6 Å². The molecule has 0 radical (unpaired) electrons. The second-order valence-corrected chi connectivity index (χ2v) is 8.91. The summed E-state index contributed by atoms with van der Waals surface area (Å²) in [5, 5.41) is 10.8. The van der Waals surface area contributed by atoms with Crippen LogP contribution < -0.4 is 0 Å². The predicted molar refractivity (Wildman–Crippen MR) is 113 cm³/mol. The maximum atomic E-state index is 15.9. The van der Waals surface area contributed by atoms with Crippen molar-refractivity contribution in [3.8, 4) is 0 Å². The topological polar surface area (TPSA) is 76.1 Å². The van der Waals surface area contributed by atoms with E-state index in [-0.39, 0.29) is 13.0 Å². The Bertz CT molecular complexity index is 945. The van der Waals surface area contributed by atoms with Crippen molar-refractivity contribution < 1.29 is 33.0 Å². The maximum absolute atomic E-state index is 15.9. The van der Waals surface area contributed by atoms with Gasteiger partial charge in [0.1, 0.15) is 24.1 Å². The number of hydrogen-bond acceptors (Lipinski definition) is 5. The minimum absolute atomic E-state index is 0.0638. The third-order valence-electron chi connectivity index (χ3n) is 5.11. The molecule has 0 bridgehead atoms. The molecule has 0 aliphatic carbocycles. The lowest BCUT2D eigenvalue weighted by Gasteiger charge is -2.31. The molecule has 1 amide bonds. The number of benzene rings is 2. The van der Waals surface area contributed by atoms with Crippen LogP contribution in [0.5, 0.6) is 0 Å². The molecule has 1 fully saturated rings. The molecule has 1 saturated heterocycles. The summed E-state index contributed by atoms with van der Waals surface area (Å²) in [5.41, 5.74) is -2.14. The molecule has 6 nitrogen and oxygen atoms in total. The summed E-state index contributed by atoms with van der Waals surface area (Å²) in [5.74, 6) is -1.33. The summed E-state index contributed by atoms with van der Waals surface area (Å²) in [7, 11) is 0. The molecule has 1 aliphatic heterocycles. The normalized spacial score (nSPS) is 23.1. The van der Waals surface area contributed by atoms with Crippen LogP contribution in [0.4, 0.5) is 13.6 Å². The number of halogens is 2. The Labute approximate surface area is 185 Å². The SMILES string of the molecule is CC(C)(C)OC(=O)N1C(O)[C@@](F)(Cc2ccc(F)cc2)C[C@@H]1C(=O)OCc1ccccc1. The van der Waals surface area contributed by atoms with E-state index in [4.69, 9.17) is 9.47 Å². The van der Waals surface area contributed by atoms with Gasteiger partial charge in [-0.1, -0.05) is 42.5 Å². The highest BCUT2D eigenvalue weighted by molar-refractivity contribution is 5.83. The minimum Gasteiger partial charge on any atom is -0.459 e. The van der Waals surface area contributed by atoms with Crippen LogP contribution in [0.25, 0.3) is 0 Å². The van der Waals surface area contributed by atoms with Crippen molar-refractivity contribution in [2.75, 3.05) is 0 Å². The highest BCUT2D eigenvalue weighted by Crippen LogP contribution is 2.40. The quantitative estimate of drug-likeness (QED) is 0.697. The number of aliphatic hydroxyl groups excluding tert-OH is 1. The van der Waals surface area contributed by atoms with Crippen molar-refractivity contribution in [1.82, 2.24) is 4.90 Å². The Morgan fingerprint density at radius 3 is 2.31 bits per heavy atom. The summed E-state index contributed by atoms with van der Waals surface area (Å²) in [6.45, 7) is 4.80. The van der Waals surface area contributed by atoms with Gasteiger partial charge in [-0.2, -0.15) is 0 Å². The number of esters is 1. The Morgan fingerprint density at radius 2 is 1.72 bits per heavy atom. The fourth-order valence-corrected chi connectivity index (χ4v) is 3.61. The van der Waals surface area contributed by atoms with E-state index in [1.54, 1.807) is 45.0 Å². The highest BCUT2D eigenvalue weighted by Gasteiger charge is 2.58. The number of carbonyl (C=O) groups is 2. The largest absolute Gasteiger partial charge is 0.459 e. The third kappa shape index (κ3) is 5.62. The summed E-state index contributed by atoms with van der Waals surface area (Å²) < 4.78 is 39.7. The van der Waals surface area contributed by atoms with E-state index < -0.39 is 47.8 Å². The molecule has 8 heteroatoms. The van der Waals surface area contributed by atoms with Crippen LogP contribution in [0.15, 0.2) is 54.6 Å². The zero-order valence-corrected chi connectivity index (χ0v) is 18.3. The molecule has 2 aromatic rings. The molecule has 2 aromatic carbocycles. The molecule has 1 unspecified atom stereocenters. The van der Waals surface area contributed by atoms with Crippen LogP contribution >= 0.6 is 0 Å². The van der Waals surface area contributed by atoms with E-state index in [2.05, 4.69) is 0 Å². The fraction of sp³-hybridized carbons (Fsp3) is 0.417. The molecule has 1 heterocycles. The number of nitrogens with zero attached hydrogens (tertiary/aromatic N) is 1. The lowest BCUT2D eigenvalue weighted by Crippen LogP contribution is -2.50. The Kier molecular flexibility index (Phi) is 6.83. The average Bonchev–Trinajstić information content (AvgIpc) is 2.98. The Hall–Kier alpha value is -3.00. The highest BCUT2D eigenvalue weighted by atomic mass is 19.1. The number of likely N-dealkylation sites (tertiary alicyclic amines) is 1. The molecule has 0 aromatic heterocycles. The zero-order valence-electron chi connectivity index (χ0n) is 18.3. The molecule has 3 rings (SSSR count). The van der Waals surface area contributed by atoms with Crippen LogP contribution in [-0.2, 0) is 27.3 Å². The standard InChI is InChI=1S/C24H27F2NO5/c1-23(2,3)32-22(30)27-19(20(28)31-15-17-7-5-4-6-8-17)14-24(26,21(27)29)13-16-9-11-18(25)12-10-16/h4-12,19,21,29H,13-15H2,1-3H3/t19-,21?,24-/m1/s1. The number of hydrogen-bond donors (Lipinski definition) is 1. The molecule has 0 saturated carbocycles. The monoisotopic (exact) mass is 447 g/mol. The summed E-state index contributed by atoms with van der Waals surface area (Å²) in [6.07, 6.45) is -3.78. The van der Waals surface area contributed by atoms with Gasteiger partial charge in [-0.15, -0.1) is 0 Å². The van der Waals surface area contributed by atoms with Crippen molar-refractivity contribution in [3.63, 3.8) is 0 Å². The van der Waals surface area contributed by atoms with E-state index in [9.17, 15) is 19.1 Å². The first-order valence-electron chi connectivity index (χ1n) is 10.3. The molecule has 1 aliphatic rings. The number of rotatable bonds is 5. The number of amides is 1. The molecule has 3 atom stereocenters. The molecule has 1 N–H and O–H groups in total. The van der Waals surface area contributed by atoms with Gasteiger partial charge in [0.15, 0.2) is 11.9 Å². The molecule has 0 spiro atoms. The van der Waals surface area contributed by atoms with Crippen molar-refractivity contribution >= 4 is 12.1 Å². The van der Waals surface area contributed by atoms with Gasteiger partial charge in [0.05, 0.1) is 0 Å². The number of ether oxygens (including phenoxy) is 2. The summed E-state index contributed by atoms with van der Waals surface area (Å²) in [6, 6.07) is 12.7. The van der Waals surface area contributed by atoms with Gasteiger partial charge in [0, 0.05) is 12.8 Å². The Balaban J connectivity index is 1.83. The van der Waals surface area contributed by atoms with Crippen molar-refractivity contribution in [2.24, 2.45) is 0 Å². The van der Waals surface area contributed by atoms with Gasteiger partial charge in [0.2, 0.25) is 0 Å². The first-order valence-corrected chi connectivity index (χ1v) is 10.3. The van der Waals surface area contributed by atoms with E-state index in [1.807, 2.05) is 6.07 Å². The van der Waals surface area contributed by atoms with Gasteiger partial charge < -0.3 is 14.6 Å². The van der Waals surface area contributed by atoms with Crippen LogP contribution in [0.2, 0.25) is 0 Å². The maximum Gasteiger partial charge on any atom is 0.413 e. The molecular weight excluding hydrogens is 420 g/mol. The predicted octanol–water partition coefficient (Wildman–Crippen LogP) is 4.15. The van der Waals surface area contributed by atoms with Crippen LogP contribution in [0.1, 0.15) is 38.3 Å². The van der Waals surface area contributed by atoms with Crippen LogP contribution in [0.3, 0.4) is 0 Å². The third-order valence-corrected chi connectivity index (χ3v) is 5.11. The Morgan fingerprint density at radius 1 is 1.09 bits per heavy atom. The van der Waals surface area contributed by atoms with Crippen LogP contribution in [0, 0.1) is 5.82 Å². The average molecular weight is 447 g/mol. The summed E-state index contributed by atoms with van der Waals surface area (Å²) in [4.78, 5) is 26.3. The zero-order chi connectivity index (χ0) is 23.5. The van der Waals surface area contributed by atoms with Crippen molar-refractivity contribution in [2.45, 2.75) is 63.8 Å². The van der Waals surface area contributed by atoms with Crippen molar-refractivity contribution in [1.29, 1.82) is 0 Å². The first-order chi connectivity index (χ1) is 15.0. The van der Waals surface area contributed by atoms with Gasteiger partial charge in [-0.25, -0.2) is 18.4 Å². The van der Waals surface area contributed by atoms with Gasteiger partial charge in [0.25, 0.3) is 0 Å². The van der Waals surface area contributed by atoms with E-state index in [0.717, 1.165) is 5.56 Å². The van der Waals surface area contributed by atoms with Gasteiger partial charge in [-0.3, -0.25) is 4.90 Å².